The SMILES string of the molecule is C.CCOC(=O)CCC1(C)OCC(C)(CO)CO1. The third-order valence-corrected chi connectivity index (χ3v) is 2.92. The molecule has 0 aromatic carbocycles. The summed E-state index contributed by atoms with van der Waals surface area (Å²) in [6.45, 7) is 6.77. The van der Waals surface area contributed by atoms with Crippen LogP contribution in [0.2, 0.25) is 0 Å². The van der Waals surface area contributed by atoms with Crippen molar-refractivity contribution in [3.63, 3.8) is 0 Å². The third kappa shape index (κ3) is 4.92. The molecule has 0 atom stereocenters. The van der Waals surface area contributed by atoms with Gasteiger partial charge in [-0.1, -0.05) is 14.4 Å². The first-order valence-electron chi connectivity index (χ1n) is 5.97. The van der Waals surface area contributed by atoms with Crippen LogP contribution in [-0.4, -0.2) is 43.3 Å². The summed E-state index contributed by atoms with van der Waals surface area (Å²) in [7, 11) is 0. The molecule has 5 heteroatoms. The van der Waals surface area contributed by atoms with Gasteiger partial charge in [0.15, 0.2) is 5.79 Å². The van der Waals surface area contributed by atoms with Gasteiger partial charge in [0, 0.05) is 11.8 Å². The van der Waals surface area contributed by atoms with Crippen molar-refractivity contribution in [2.75, 3.05) is 26.4 Å². The van der Waals surface area contributed by atoms with E-state index in [9.17, 15) is 9.90 Å². The highest BCUT2D eigenvalue weighted by molar-refractivity contribution is 5.69. The van der Waals surface area contributed by atoms with E-state index in [4.69, 9.17) is 14.2 Å². The van der Waals surface area contributed by atoms with Gasteiger partial charge in [0.2, 0.25) is 0 Å². The minimum absolute atomic E-state index is 0. The predicted molar refractivity (Wildman–Crippen MR) is 68.1 cm³/mol. The molecule has 1 heterocycles. The van der Waals surface area contributed by atoms with Crippen LogP contribution < -0.4 is 0 Å². The Balaban J connectivity index is 0.00000289. The van der Waals surface area contributed by atoms with E-state index >= 15 is 0 Å². The largest absolute Gasteiger partial charge is 0.466 e. The van der Waals surface area contributed by atoms with Crippen LogP contribution in [0.3, 0.4) is 0 Å². The summed E-state index contributed by atoms with van der Waals surface area (Å²) >= 11 is 0. The van der Waals surface area contributed by atoms with E-state index in [1.807, 2.05) is 13.8 Å². The second kappa shape index (κ2) is 7.07. The molecule has 0 aromatic rings. The first kappa shape index (κ1) is 17.4. The Bertz CT molecular complexity index is 256. The number of carbonyl (C=O) groups is 1. The van der Waals surface area contributed by atoms with E-state index in [0.29, 0.717) is 26.2 Å². The maximum atomic E-state index is 11.2. The van der Waals surface area contributed by atoms with Gasteiger partial charge in [-0.2, -0.15) is 0 Å². The van der Waals surface area contributed by atoms with E-state index < -0.39 is 5.79 Å². The van der Waals surface area contributed by atoms with E-state index in [2.05, 4.69) is 0 Å². The van der Waals surface area contributed by atoms with Gasteiger partial charge in [0.05, 0.1) is 32.8 Å². The van der Waals surface area contributed by atoms with Crippen LogP contribution in [0.5, 0.6) is 0 Å². The normalized spacial score (nSPS) is 31.6. The van der Waals surface area contributed by atoms with Crippen molar-refractivity contribution in [2.24, 2.45) is 5.41 Å². The topological polar surface area (TPSA) is 65.0 Å². The Labute approximate surface area is 109 Å². The monoisotopic (exact) mass is 262 g/mol. The van der Waals surface area contributed by atoms with Crippen LogP contribution in [0.1, 0.15) is 41.0 Å². The van der Waals surface area contributed by atoms with E-state index in [-0.39, 0.29) is 31.8 Å². The van der Waals surface area contributed by atoms with Crippen LogP contribution in [0.15, 0.2) is 0 Å². The summed E-state index contributed by atoms with van der Waals surface area (Å²) in [5.74, 6) is -0.988. The number of ether oxygens (including phenoxy) is 3. The number of carbonyl (C=O) groups excluding carboxylic acids is 1. The molecule has 108 valence electrons. The molecule has 1 aliphatic heterocycles. The molecule has 1 fully saturated rings. The van der Waals surface area contributed by atoms with Crippen molar-refractivity contribution in [1.29, 1.82) is 0 Å². The lowest BCUT2D eigenvalue weighted by Crippen LogP contribution is -2.48. The molecular formula is C13H26O5. The molecule has 0 aliphatic carbocycles. The Morgan fingerprint density at radius 2 is 1.89 bits per heavy atom. The van der Waals surface area contributed by atoms with Crippen LogP contribution >= 0.6 is 0 Å². The molecular weight excluding hydrogens is 236 g/mol. The van der Waals surface area contributed by atoms with Gasteiger partial charge < -0.3 is 19.3 Å². The predicted octanol–water partition coefficient (Wildman–Crippen LogP) is 1.73. The minimum Gasteiger partial charge on any atom is -0.466 e. The zero-order chi connectivity index (χ0) is 12.9. The Hall–Kier alpha value is -0.650. The van der Waals surface area contributed by atoms with Gasteiger partial charge in [0.1, 0.15) is 0 Å². The molecule has 1 rings (SSSR count). The molecule has 1 N–H and O–H groups in total. The number of hydrogen-bond acceptors (Lipinski definition) is 5. The zero-order valence-corrected chi connectivity index (χ0v) is 10.8. The van der Waals surface area contributed by atoms with Crippen LogP contribution in [0.4, 0.5) is 0 Å². The van der Waals surface area contributed by atoms with Gasteiger partial charge in [-0.05, 0) is 13.8 Å². The quantitative estimate of drug-likeness (QED) is 0.764. The molecule has 0 bridgehead atoms. The fraction of sp³-hybridized carbons (Fsp3) is 0.923. The summed E-state index contributed by atoms with van der Waals surface area (Å²) in [6.07, 6.45) is 0.744. The van der Waals surface area contributed by atoms with E-state index in [0.717, 1.165) is 0 Å². The number of rotatable bonds is 5. The lowest BCUT2D eigenvalue weighted by atomic mass is 9.92. The van der Waals surface area contributed by atoms with Gasteiger partial charge >= 0.3 is 5.97 Å². The van der Waals surface area contributed by atoms with Crippen molar-refractivity contribution in [3.05, 3.63) is 0 Å². The second-order valence-corrected chi connectivity index (χ2v) is 4.98. The van der Waals surface area contributed by atoms with Crippen LogP contribution in [0.25, 0.3) is 0 Å². The molecule has 0 saturated carbocycles. The highest BCUT2D eigenvalue weighted by atomic mass is 16.7. The number of aliphatic hydroxyl groups is 1. The highest BCUT2D eigenvalue weighted by Gasteiger charge is 2.39. The summed E-state index contributed by atoms with van der Waals surface area (Å²) < 4.78 is 16.1. The highest BCUT2D eigenvalue weighted by Crippen LogP contribution is 2.32. The molecule has 0 unspecified atom stereocenters. The number of hydrogen-bond donors (Lipinski definition) is 1. The van der Waals surface area contributed by atoms with Crippen molar-refractivity contribution in [2.45, 2.75) is 46.8 Å². The smallest absolute Gasteiger partial charge is 0.305 e. The molecule has 0 amide bonds. The van der Waals surface area contributed by atoms with Gasteiger partial charge in [-0.15, -0.1) is 0 Å². The summed E-state index contributed by atoms with van der Waals surface area (Å²) in [5, 5.41) is 9.17. The van der Waals surface area contributed by atoms with Gasteiger partial charge in [-0.25, -0.2) is 0 Å². The Morgan fingerprint density at radius 3 is 2.33 bits per heavy atom. The molecule has 18 heavy (non-hydrogen) atoms. The van der Waals surface area contributed by atoms with Crippen molar-refractivity contribution in [3.8, 4) is 0 Å². The van der Waals surface area contributed by atoms with Gasteiger partial charge in [0.25, 0.3) is 0 Å². The first-order chi connectivity index (χ1) is 7.93. The van der Waals surface area contributed by atoms with Crippen LogP contribution in [-0.2, 0) is 19.0 Å². The van der Waals surface area contributed by atoms with Crippen molar-refractivity contribution in [1.82, 2.24) is 0 Å². The molecule has 1 saturated heterocycles. The fourth-order valence-corrected chi connectivity index (χ4v) is 1.54. The average molecular weight is 262 g/mol. The minimum atomic E-state index is -0.749. The molecule has 0 aromatic heterocycles. The Morgan fingerprint density at radius 1 is 1.33 bits per heavy atom. The average Bonchev–Trinajstić information content (AvgIpc) is 2.32. The third-order valence-electron chi connectivity index (χ3n) is 2.92. The molecule has 1 aliphatic rings. The number of aliphatic hydroxyl groups excluding tert-OH is 1. The number of esters is 1. The first-order valence-corrected chi connectivity index (χ1v) is 5.97. The molecule has 0 spiro atoms. The van der Waals surface area contributed by atoms with Crippen LogP contribution in [0, 0.1) is 5.41 Å². The molecule has 0 radical (unpaired) electrons. The standard InChI is InChI=1S/C12H22O5.CH4/c1-4-15-10(14)5-6-12(3)16-8-11(2,7-13)9-17-12;/h13H,4-9H2,1-3H3;1H4. The maximum Gasteiger partial charge on any atom is 0.305 e. The Kier molecular flexibility index (Phi) is 6.81. The molecule has 5 nitrogen and oxygen atoms in total. The lowest BCUT2D eigenvalue weighted by molar-refractivity contribution is -0.298. The maximum absolute atomic E-state index is 11.2. The summed E-state index contributed by atoms with van der Waals surface area (Å²) in [6, 6.07) is 0. The zero-order valence-electron chi connectivity index (χ0n) is 10.8. The second-order valence-electron chi connectivity index (χ2n) is 4.98. The van der Waals surface area contributed by atoms with Crippen molar-refractivity contribution >= 4 is 5.97 Å². The van der Waals surface area contributed by atoms with E-state index in [1.165, 1.54) is 0 Å². The lowest BCUT2D eigenvalue weighted by Gasteiger charge is -2.42. The van der Waals surface area contributed by atoms with E-state index in [1.54, 1.807) is 6.92 Å². The van der Waals surface area contributed by atoms with Gasteiger partial charge in [-0.3, -0.25) is 4.79 Å². The summed E-state index contributed by atoms with van der Waals surface area (Å²) in [5.41, 5.74) is -0.344. The summed E-state index contributed by atoms with van der Waals surface area (Å²) in [4.78, 5) is 11.2. The van der Waals surface area contributed by atoms with Crippen molar-refractivity contribution < 1.29 is 24.1 Å². The fourth-order valence-electron chi connectivity index (χ4n) is 1.54.